The summed E-state index contributed by atoms with van der Waals surface area (Å²) in [6.07, 6.45) is 0. The molecule has 0 aliphatic rings. The molecule has 10 heteroatoms. The fraction of sp³-hybridized carbons (Fsp3) is 0.136. The van der Waals surface area contributed by atoms with Crippen LogP contribution >= 0.6 is 11.6 Å². The number of primary amides is 1. The van der Waals surface area contributed by atoms with E-state index in [4.69, 9.17) is 27.8 Å². The number of carbonyl (C=O) groups excluding carboxylic acids is 2. The van der Waals surface area contributed by atoms with Crippen molar-refractivity contribution in [3.63, 3.8) is 0 Å². The van der Waals surface area contributed by atoms with E-state index in [-0.39, 0.29) is 12.4 Å². The second kappa shape index (κ2) is 9.71. The SMILES string of the molecule is C[C@H](N)C(=O)OCc1c(Cl)cccc1-c1cccc(N(C(N)=O)c2c(F)cccc2F)n1. The average molecular weight is 461 g/mol. The van der Waals surface area contributed by atoms with Crippen molar-refractivity contribution in [1.82, 2.24) is 4.98 Å². The Labute approximate surface area is 187 Å². The van der Waals surface area contributed by atoms with Crippen molar-refractivity contribution in [1.29, 1.82) is 0 Å². The summed E-state index contributed by atoms with van der Waals surface area (Å²) in [4.78, 5) is 28.9. The van der Waals surface area contributed by atoms with Gasteiger partial charge in [0.05, 0.1) is 5.69 Å². The molecule has 2 aromatic carbocycles. The fourth-order valence-electron chi connectivity index (χ4n) is 2.96. The van der Waals surface area contributed by atoms with E-state index >= 15 is 0 Å². The number of aromatic nitrogens is 1. The van der Waals surface area contributed by atoms with Gasteiger partial charge in [0, 0.05) is 16.1 Å². The number of esters is 1. The van der Waals surface area contributed by atoms with Gasteiger partial charge in [0.15, 0.2) is 0 Å². The third-order valence-electron chi connectivity index (χ3n) is 4.47. The van der Waals surface area contributed by atoms with E-state index < -0.39 is 35.4 Å². The average Bonchev–Trinajstić information content (AvgIpc) is 2.74. The number of hydrogen-bond acceptors (Lipinski definition) is 5. The number of anilines is 2. The standard InChI is InChI=1S/C22H19ClF2N4O3/c1-12(26)21(30)32-11-14-13(5-2-6-15(14)23)18-9-4-10-19(28-18)29(22(27)31)20-16(24)7-3-8-17(20)25/h2-10,12H,11,26H2,1H3,(H2,27,31)/t12-/m0/s1. The monoisotopic (exact) mass is 460 g/mol. The lowest BCUT2D eigenvalue weighted by Crippen LogP contribution is -2.33. The van der Waals surface area contributed by atoms with E-state index in [0.29, 0.717) is 26.7 Å². The Kier molecular flexibility index (Phi) is 7.01. The normalized spacial score (nSPS) is 11.7. The highest BCUT2D eigenvalue weighted by Gasteiger charge is 2.24. The summed E-state index contributed by atoms with van der Waals surface area (Å²) < 4.78 is 33.9. The molecule has 0 unspecified atom stereocenters. The van der Waals surface area contributed by atoms with Crippen LogP contribution in [0.3, 0.4) is 0 Å². The van der Waals surface area contributed by atoms with Gasteiger partial charge in [0.25, 0.3) is 0 Å². The lowest BCUT2D eigenvalue weighted by molar-refractivity contribution is -0.146. The zero-order chi connectivity index (χ0) is 23.4. The second-order valence-electron chi connectivity index (χ2n) is 6.79. The number of nitrogens with two attached hydrogens (primary N) is 2. The summed E-state index contributed by atoms with van der Waals surface area (Å²) in [6.45, 7) is 1.31. The first-order valence-corrected chi connectivity index (χ1v) is 9.79. The van der Waals surface area contributed by atoms with Crippen molar-refractivity contribution in [3.05, 3.63) is 76.8 Å². The van der Waals surface area contributed by atoms with E-state index in [2.05, 4.69) is 4.98 Å². The lowest BCUT2D eigenvalue weighted by Gasteiger charge is -2.21. The number of pyridine rings is 1. The number of hydrogen-bond donors (Lipinski definition) is 2. The molecule has 0 spiro atoms. The number of urea groups is 1. The number of carbonyl (C=O) groups is 2. The molecule has 3 aromatic rings. The van der Waals surface area contributed by atoms with Gasteiger partial charge in [0.2, 0.25) is 0 Å². The number of halogens is 3. The molecule has 1 aromatic heterocycles. The van der Waals surface area contributed by atoms with E-state index in [1.807, 2.05) is 0 Å². The highest BCUT2D eigenvalue weighted by Crippen LogP contribution is 2.33. The van der Waals surface area contributed by atoms with Gasteiger partial charge >= 0.3 is 12.0 Å². The molecule has 2 amide bonds. The number of nitrogens with zero attached hydrogens (tertiary/aromatic N) is 2. The van der Waals surface area contributed by atoms with Crippen LogP contribution in [-0.4, -0.2) is 23.0 Å². The van der Waals surface area contributed by atoms with Crippen molar-refractivity contribution in [3.8, 4) is 11.3 Å². The molecule has 0 aliphatic carbocycles. The minimum absolute atomic E-state index is 0.113. The molecule has 0 bridgehead atoms. The summed E-state index contributed by atoms with van der Waals surface area (Å²) in [5.41, 5.74) is 11.5. The molecular weight excluding hydrogens is 442 g/mol. The Morgan fingerprint density at radius 1 is 1.09 bits per heavy atom. The van der Waals surface area contributed by atoms with Gasteiger partial charge in [0.1, 0.15) is 35.8 Å². The van der Waals surface area contributed by atoms with E-state index in [9.17, 15) is 18.4 Å². The Balaban J connectivity index is 2.07. The number of para-hydroxylation sites is 1. The van der Waals surface area contributed by atoms with Crippen molar-refractivity contribution in [2.75, 3.05) is 4.90 Å². The van der Waals surface area contributed by atoms with Gasteiger partial charge in [-0.25, -0.2) is 23.5 Å². The third-order valence-corrected chi connectivity index (χ3v) is 4.82. The molecule has 0 fully saturated rings. The zero-order valence-corrected chi connectivity index (χ0v) is 17.6. The van der Waals surface area contributed by atoms with Crippen molar-refractivity contribution >= 4 is 35.1 Å². The third kappa shape index (κ3) is 4.84. The Morgan fingerprint density at radius 3 is 2.34 bits per heavy atom. The summed E-state index contributed by atoms with van der Waals surface area (Å²) >= 11 is 6.30. The molecule has 0 aliphatic heterocycles. The quantitative estimate of drug-likeness (QED) is 0.533. The summed E-state index contributed by atoms with van der Waals surface area (Å²) in [6, 6.07) is 10.7. The predicted molar refractivity (Wildman–Crippen MR) is 116 cm³/mol. The molecule has 0 saturated carbocycles. The molecule has 4 N–H and O–H groups in total. The Hall–Kier alpha value is -3.56. The predicted octanol–water partition coefficient (Wildman–Crippen LogP) is 4.29. The maximum Gasteiger partial charge on any atom is 0.325 e. The van der Waals surface area contributed by atoms with Crippen LogP contribution in [0.15, 0.2) is 54.6 Å². The molecule has 1 atom stereocenters. The van der Waals surface area contributed by atoms with Crippen LogP contribution in [0.2, 0.25) is 5.02 Å². The van der Waals surface area contributed by atoms with Crippen LogP contribution in [0.1, 0.15) is 12.5 Å². The highest BCUT2D eigenvalue weighted by atomic mass is 35.5. The van der Waals surface area contributed by atoms with E-state index in [0.717, 1.165) is 12.1 Å². The van der Waals surface area contributed by atoms with E-state index in [1.54, 1.807) is 24.3 Å². The van der Waals surface area contributed by atoms with Gasteiger partial charge in [-0.3, -0.25) is 4.79 Å². The van der Waals surface area contributed by atoms with Gasteiger partial charge < -0.3 is 16.2 Å². The summed E-state index contributed by atoms with van der Waals surface area (Å²) in [7, 11) is 0. The van der Waals surface area contributed by atoms with Gasteiger partial charge in [-0.1, -0.05) is 35.9 Å². The minimum atomic E-state index is -1.13. The molecule has 3 rings (SSSR count). The number of rotatable bonds is 6. The van der Waals surface area contributed by atoms with Crippen LogP contribution in [0.25, 0.3) is 11.3 Å². The maximum atomic E-state index is 14.3. The molecule has 0 saturated heterocycles. The van der Waals surface area contributed by atoms with Crippen molar-refractivity contribution < 1.29 is 23.1 Å². The van der Waals surface area contributed by atoms with Crippen LogP contribution in [0.4, 0.5) is 25.1 Å². The number of ether oxygens (including phenoxy) is 1. The summed E-state index contributed by atoms with van der Waals surface area (Å²) in [5, 5.41) is 0.305. The molecule has 32 heavy (non-hydrogen) atoms. The highest BCUT2D eigenvalue weighted by molar-refractivity contribution is 6.31. The fourth-order valence-corrected chi connectivity index (χ4v) is 3.19. The zero-order valence-electron chi connectivity index (χ0n) is 16.9. The Bertz CT molecular complexity index is 1150. The van der Waals surface area contributed by atoms with Gasteiger partial charge in [-0.2, -0.15) is 0 Å². The first-order chi connectivity index (χ1) is 15.2. The van der Waals surface area contributed by atoms with Crippen LogP contribution in [-0.2, 0) is 16.1 Å². The van der Waals surface area contributed by atoms with Crippen LogP contribution in [0, 0.1) is 11.6 Å². The Morgan fingerprint density at radius 2 is 1.72 bits per heavy atom. The molecular formula is C22H19ClF2N4O3. The molecule has 166 valence electrons. The van der Waals surface area contributed by atoms with Crippen molar-refractivity contribution in [2.24, 2.45) is 11.5 Å². The molecule has 7 nitrogen and oxygen atoms in total. The van der Waals surface area contributed by atoms with E-state index in [1.165, 1.54) is 25.1 Å². The largest absolute Gasteiger partial charge is 0.460 e. The van der Waals surface area contributed by atoms with Crippen molar-refractivity contribution in [2.45, 2.75) is 19.6 Å². The van der Waals surface area contributed by atoms with Gasteiger partial charge in [-0.15, -0.1) is 0 Å². The summed E-state index contributed by atoms with van der Waals surface area (Å²) in [5.74, 6) is -2.70. The minimum Gasteiger partial charge on any atom is -0.460 e. The number of benzene rings is 2. The molecule has 1 heterocycles. The van der Waals surface area contributed by atoms with Crippen LogP contribution < -0.4 is 16.4 Å². The first-order valence-electron chi connectivity index (χ1n) is 9.41. The van der Waals surface area contributed by atoms with Crippen LogP contribution in [0.5, 0.6) is 0 Å². The molecule has 0 radical (unpaired) electrons. The first kappa shape index (κ1) is 23.1. The smallest absolute Gasteiger partial charge is 0.325 e. The topological polar surface area (TPSA) is 112 Å². The number of amides is 2. The van der Waals surface area contributed by atoms with Gasteiger partial charge in [-0.05, 0) is 37.3 Å². The lowest BCUT2D eigenvalue weighted by atomic mass is 10.0. The maximum absolute atomic E-state index is 14.3. The second-order valence-corrected chi connectivity index (χ2v) is 7.19.